The van der Waals surface area contributed by atoms with Crippen molar-refractivity contribution in [3.8, 4) is 0 Å². The Balaban J connectivity index is 1.37. The lowest BCUT2D eigenvalue weighted by Gasteiger charge is -2.28. The minimum Gasteiger partial charge on any atom is -0.342 e. The number of fused-ring (bicyclic) bond motifs is 2. The molecule has 2 aliphatic rings. The number of aromatic nitrogens is 2. The number of benzene rings is 3. The van der Waals surface area contributed by atoms with Gasteiger partial charge in [0.15, 0.2) is 0 Å². The molecule has 2 N–H and O–H groups in total. The summed E-state index contributed by atoms with van der Waals surface area (Å²) in [5.41, 5.74) is 3.71. The Labute approximate surface area is 175 Å². The number of carbonyl (C=O) groups excluding carboxylic acids is 1. The molecule has 3 aromatic carbocycles. The van der Waals surface area contributed by atoms with E-state index in [9.17, 15) is 4.79 Å². The van der Waals surface area contributed by atoms with E-state index in [4.69, 9.17) is 0 Å². The van der Waals surface area contributed by atoms with E-state index in [0.29, 0.717) is 6.04 Å². The fourth-order valence-electron chi connectivity index (χ4n) is 4.70. The Morgan fingerprint density at radius 1 is 1.10 bits per heavy atom. The van der Waals surface area contributed by atoms with Gasteiger partial charge in [0.05, 0.1) is 23.3 Å². The Morgan fingerprint density at radius 2 is 1.90 bits per heavy atom. The highest BCUT2D eigenvalue weighted by molar-refractivity contribution is 6.00. The van der Waals surface area contributed by atoms with Crippen LogP contribution in [-0.4, -0.2) is 28.8 Å². The fourth-order valence-corrected chi connectivity index (χ4v) is 4.70. The first-order valence-corrected chi connectivity index (χ1v) is 10.6. The topological polar surface area (TPSA) is 59.0 Å². The molecule has 6 rings (SSSR count). The summed E-state index contributed by atoms with van der Waals surface area (Å²) in [6.07, 6.45) is 3.85. The second-order valence-corrected chi connectivity index (χ2v) is 8.69. The van der Waals surface area contributed by atoms with Crippen molar-refractivity contribution in [1.29, 1.82) is 0 Å². The van der Waals surface area contributed by atoms with Gasteiger partial charge in [-0.05, 0) is 53.8 Å². The highest BCUT2D eigenvalue weighted by Gasteiger charge is 2.46. The van der Waals surface area contributed by atoms with Gasteiger partial charge in [-0.3, -0.25) is 9.48 Å². The minimum atomic E-state index is -0.266. The normalized spacial score (nSPS) is 17.8. The maximum atomic E-state index is 13.4. The molecule has 1 aliphatic carbocycles. The standard InChI is InChI=1S/C25H24N4O/c1-16-11-18-13-27-29(19-14-26-15-19)23(18)12-21(16)24(30)28-25(9-10-25)22-8-4-6-17-5-2-3-7-20(17)22/h2-8,11-13,19,26H,9-10,14-15H2,1H3,(H,28,30). The second kappa shape index (κ2) is 6.41. The van der Waals surface area contributed by atoms with Crippen molar-refractivity contribution in [2.24, 2.45) is 0 Å². The zero-order valence-corrected chi connectivity index (χ0v) is 17.0. The van der Waals surface area contributed by atoms with Crippen LogP contribution in [0.25, 0.3) is 21.7 Å². The predicted molar refractivity (Wildman–Crippen MR) is 119 cm³/mol. The van der Waals surface area contributed by atoms with E-state index in [1.807, 2.05) is 19.2 Å². The van der Waals surface area contributed by atoms with Crippen molar-refractivity contribution in [3.63, 3.8) is 0 Å². The van der Waals surface area contributed by atoms with Gasteiger partial charge in [0.2, 0.25) is 0 Å². The van der Waals surface area contributed by atoms with Gasteiger partial charge in [-0.2, -0.15) is 5.10 Å². The molecular weight excluding hydrogens is 372 g/mol. The molecule has 2 heterocycles. The molecule has 1 aromatic heterocycles. The van der Waals surface area contributed by atoms with Gasteiger partial charge in [0, 0.05) is 24.0 Å². The first-order valence-electron chi connectivity index (χ1n) is 10.6. The molecule has 30 heavy (non-hydrogen) atoms. The van der Waals surface area contributed by atoms with Crippen LogP contribution in [0.4, 0.5) is 0 Å². The average Bonchev–Trinajstić information content (AvgIpc) is 3.39. The van der Waals surface area contributed by atoms with Crippen molar-refractivity contribution in [2.45, 2.75) is 31.3 Å². The summed E-state index contributed by atoms with van der Waals surface area (Å²) in [5.74, 6) is -0.000631. The lowest BCUT2D eigenvalue weighted by Crippen LogP contribution is -2.43. The Bertz CT molecular complexity index is 1290. The number of nitrogens with zero attached hydrogens (tertiary/aromatic N) is 2. The molecular formula is C25H24N4O. The molecule has 4 aromatic rings. The summed E-state index contributed by atoms with van der Waals surface area (Å²) in [4.78, 5) is 13.4. The van der Waals surface area contributed by atoms with Crippen molar-refractivity contribution in [2.75, 3.05) is 13.1 Å². The third-order valence-corrected chi connectivity index (χ3v) is 6.70. The van der Waals surface area contributed by atoms with Crippen molar-refractivity contribution in [3.05, 3.63) is 77.5 Å². The molecule has 0 atom stereocenters. The van der Waals surface area contributed by atoms with Crippen LogP contribution >= 0.6 is 0 Å². The maximum Gasteiger partial charge on any atom is 0.252 e. The van der Waals surface area contributed by atoms with Crippen molar-refractivity contribution < 1.29 is 4.79 Å². The van der Waals surface area contributed by atoms with Gasteiger partial charge in [-0.15, -0.1) is 0 Å². The number of amides is 1. The van der Waals surface area contributed by atoms with Crippen LogP contribution in [0.5, 0.6) is 0 Å². The van der Waals surface area contributed by atoms with E-state index in [0.717, 1.165) is 48.0 Å². The van der Waals surface area contributed by atoms with Gasteiger partial charge >= 0.3 is 0 Å². The molecule has 150 valence electrons. The van der Waals surface area contributed by atoms with Crippen molar-refractivity contribution >= 4 is 27.6 Å². The molecule has 1 saturated carbocycles. The number of rotatable bonds is 4. The molecule has 1 amide bonds. The largest absolute Gasteiger partial charge is 0.342 e. The Morgan fingerprint density at radius 3 is 2.67 bits per heavy atom. The number of carbonyl (C=O) groups is 1. The molecule has 1 aliphatic heterocycles. The number of hydrogen-bond donors (Lipinski definition) is 2. The van der Waals surface area contributed by atoms with Crippen molar-refractivity contribution in [1.82, 2.24) is 20.4 Å². The van der Waals surface area contributed by atoms with Crippen LogP contribution < -0.4 is 10.6 Å². The van der Waals surface area contributed by atoms with E-state index in [1.165, 1.54) is 16.3 Å². The quantitative estimate of drug-likeness (QED) is 0.547. The second-order valence-electron chi connectivity index (χ2n) is 8.69. The Kier molecular flexibility index (Phi) is 3.77. The van der Waals surface area contributed by atoms with Gasteiger partial charge in [-0.25, -0.2) is 0 Å². The van der Waals surface area contributed by atoms with Gasteiger partial charge in [0.1, 0.15) is 0 Å². The van der Waals surface area contributed by atoms with Crippen LogP contribution in [-0.2, 0) is 5.54 Å². The first kappa shape index (κ1) is 17.7. The highest BCUT2D eigenvalue weighted by atomic mass is 16.1. The Hall–Kier alpha value is -3.18. The number of hydrogen-bond acceptors (Lipinski definition) is 3. The monoisotopic (exact) mass is 396 g/mol. The molecule has 5 nitrogen and oxygen atoms in total. The fraction of sp³-hybridized carbons (Fsp3) is 0.280. The molecule has 0 radical (unpaired) electrons. The van der Waals surface area contributed by atoms with Crippen LogP contribution in [0.15, 0.2) is 60.8 Å². The van der Waals surface area contributed by atoms with Gasteiger partial charge < -0.3 is 10.6 Å². The van der Waals surface area contributed by atoms with E-state index in [-0.39, 0.29) is 11.4 Å². The van der Waals surface area contributed by atoms with Crippen LogP contribution in [0.3, 0.4) is 0 Å². The maximum absolute atomic E-state index is 13.4. The predicted octanol–water partition coefficient (Wildman–Crippen LogP) is 4.06. The van der Waals surface area contributed by atoms with Gasteiger partial charge in [-0.1, -0.05) is 42.5 Å². The van der Waals surface area contributed by atoms with E-state index < -0.39 is 0 Å². The summed E-state index contributed by atoms with van der Waals surface area (Å²) >= 11 is 0. The molecule has 0 spiro atoms. The smallest absolute Gasteiger partial charge is 0.252 e. The SMILES string of the molecule is Cc1cc2cnn(C3CNC3)c2cc1C(=O)NC1(c2cccc3ccccc23)CC1. The zero-order chi connectivity index (χ0) is 20.3. The van der Waals surface area contributed by atoms with E-state index in [2.05, 4.69) is 68.9 Å². The minimum absolute atomic E-state index is 0.000631. The lowest BCUT2D eigenvalue weighted by atomic mass is 9.96. The number of aryl methyl sites for hydroxylation is 1. The van der Waals surface area contributed by atoms with Crippen LogP contribution in [0.1, 0.15) is 40.4 Å². The van der Waals surface area contributed by atoms with Gasteiger partial charge in [0.25, 0.3) is 5.91 Å². The molecule has 2 fully saturated rings. The van der Waals surface area contributed by atoms with Crippen LogP contribution in [0.2, 0.25) is 0 Å². The summed E-state index contributed by atoms with van der Waals surface area (Å²) < 4.78 is 2.06. The molecule has 1 saturated heterocycles. The summed E-state index contributed by atoms with van der Waals surface area (Å²) in [5, 5.41) is 14.8. The zero-order valence-electron chi connectivity index (χ0n) is 17.0. The molecule has 0 bridgehead atoms. The molecule has 5 heteroatoms. The van der Waals surface area contributed by atoms with Crippen LogP contribution in [0, 0.1) is 6.92 Å². The average molecular weight is 396 g/mol. The lowest BCUT2D eigenvalue weighted by molar-refractivity contribution is 0.0930. The van der Waals surface area contributed by atoms with E-state index >= 15 is 0 Å². The first-order chi connectivity index (χ1) is 14.6. The summed E-state index contributed by atoms with van der Waals surface area (Å²) in [7, 11) is 0. The summed E-state index contributed by atoms with van der Waals surface area (Å²) in [6.45, 7) is 3.86. The highest BCUT2D eigenvalue weighted by Crippen LogP contribution is 2.48. The third kappa shape index (κ3) is 2.66. The van der Waals surface area contributed by atoms with E-state index in [1.54, 1.807) is 0 Å². The third-order valence-electron chi connectivity index (χ3n) is 6.70. The number of nitrogens with one attached hydrogen (secondary N) is 2. The summed E-state index contributed by atoms with van der Waals surface area (Å²) in [6, 6.07) is 19.3. The molecule has 0 unspecified atom stereocenters.